The van der Waals surface area contributed by atoms with E-state index in [1.165, 1.54) is 0 Å². The molecule has 110 valence electrons. The number of aromatic amines is 2. The number of hydrogen-bond donors (Lipinski definition) is 4. The Balaban J connectivity index is 1.56. The van der Waals surface area contributed by atoms with Crippen molar-refractivity contribution < 1.29 is 4.79 Å². The molecular formula is C14H18N6O. The lowest BCUT2D eigenvalue weighted by atomic mass is 9.86. The van der Waals surface area contributed by atoms with Crippen LogP contribution in [-0.4, -0.2) is 32.8 Å². The normalized spacial score (nSPS) is 20.7. The number of H-pyrrole nitrogens is 2. The highest BCUT2D eigenvalue weighted by Crippen LogP contribution is 2.31. The first-order valence-electron chi connectivity index (χ1n) is 7.43. The third-order valence-corrected chi connectivity index (χ3v) is 4.41. The number of nitrogens with one attached hydrogen (secondary N) is 4. The number of anilines is 1. The second-order valence-electron chi connectivity index (χ2n) is 5.69. The molecule has 1 amide bonds. The van der Waals surface area contributed by atoms with Crippen LogP contribution in [0.4, 0.5) is 5.82 Å². The van der Waals surface area contributed by atoms with Gasteiger partial charge in [-0.05, 0) is 32.2 Å². The van der Waals surface area contributed by atoms with Crippen LogP contribution < -0.4 is 10.6 Å². The maximum absolute atomic E-state index is 12.6. The van der Waals surface area contributed by atoms with Gasteiger partial charge >= 0.3 is 0 Å². The number of aromatic nitrogens is 4. The number of carbonyl (C=O) groups is 1. The summed E-state index contributed by atoms with van der Waals surface area (Å²) >= 11 is 0. The van der Waals surface area contributed by atoms with Crippen LogP contribution in [0.25, 0.3) is 0 Å². The Kier molecular flexibility index (Phi) is 2.99. The highest BCUT2D eigenvalue weighted by molar-refractivity contribution is 5.96. The fourth-order valence-corrected chi connectivity index (χ4v) is 3.28. The molecule has 4 N–H and O–H groups in total. The summed E-state index contributed by atoms with van der Waals surface area (Å²) in [5.41, 5.74) is 4.33. The van der Waals surface area contributed by atoms with Crippen LogP contribution in [0, 0.1) is 0 Å². The summed E-state index contributed by atoms with van der Waals surface area (Å²) < 4.78 is 0. The summed E-state index contributed by atoms with van der Waals surface area (Å²) in [5.74, 6) is 0.582. The van der Waals surface area contributed by atoms with Crippen molar-refractivity contribution in [3.05, 3.63) is 28.7 Å². The topological polar surface area (TPSA) is 98.5 Å². The number of fused-ring (bicyclic) bond motifs is 2. The first-order chi connectivity index (χ1) is 10.3. The summed E-state index contributed by atoms with van der Waals surface area (Å²) in [4.78, 5) is 12.6. The molecule has 2 aromatic heterocycles. The lowest BCUT2D eigenvalue weighted by Crippen LogP contribution is -2.26. The molecule has 1 atom stereocenters. The van der Waals surface area contributed by atoms with Crippen molar-refractivity contribution in [3.8, 4) is 0 Å². The van der Waals surface area contributed by atoms with Gasteiger partial charge < -0.3 is 10.6 Å². The van der Waals surface area contributed by atoms with Gasteiger partial charge in [0.05, 0.1) is 17.8 Å². The van der Waals surface area contributed by atoms with Crippen molar-refractivity contribution in [2.24, 2.45) is 0 Å². The third-order valence-electron chi connectivity index (χ3n) is 4.41. The van der Waals surface area contributed by atoms with Crippen LogP contribution in [0.1, 0.15) is 41.3 Å². The predicted molar refractivity (Wildman–Crippen MR) is 76.9 cm³/mol. The summed E-state index contributed by atoms with van der Waals surface area (Å²) in [5, 5.41) is 20.6. The molecule has 2 aromatic rings. The highest BCUT2D eigenvalue weighted by Gasteiger charge is 2.29. The number of nitrogens with zero attached hydrogens (tertiary/aromatic N) is 2. The van der Waals surface area contributed by atoms with Gasteiger partial charge in [-0.2, -0.15) is 10.2 Å². The first kappa shape index (κ1) is 12.6. The van der Waals surface area contributed by atoms with Crippen LogP contribution in [-0.2, 0) is 24.2 Å². The van der Waals surface area contributed by atoms with E-state index in [4.69, 9.17) is 0 Å². The zero-order chi connectivity index (χ0) is 14.2. The summed E-state index contributed by atoms with van der Waals surface area (Å²) in [7, 11) is 0. The van der Waals surface area contributed by atoms with Crippen LogP contribution in [0.2, 0.25) is 0 Å². The smallest absolute Gasteiger partial charge is 0.233 e. The highest BCUT2D eigenvalue weighted by atomic mass is 16.2. The maximum atomic E-state index is 12.6. The average Bonchev–Trinajstić information content (AvgIpc) is 3.14. The van der Waals surface area contributed by atoms with E-state index in [-0.39, 0.29) is 11.8 Å². The van der Waals surface area contributed by atoms with Gasteiger partial charge in [0.1, 0.15) is 0 Å². The quantitative estimate of drug-likeness (QED) is 0.657. The Bertz CT molecular complexity index is 673. The molecule has 4 rings (SSSR count). The van der Waals surface area contributed by atoms with Gasteiger partial charge in [-0.15, -0.1) is 0 Å². The van der Waals surface area contributed by atoms with Crippen molar-refractivity contribution in [2.75, 3.05) is 11.9 Å². The summed E-state index contributed by atoms with van der Waals surface area (Å²) in [6.07, 6.45) is 5.52. The Morgan fingerprint density at radius 1 is 1.29 bits per heavy atom. The van der Waals surface area contributed by atoms with E-state index < -0.39 is 0 Å². The number of hydrogen-bond acceptors (Lipinski definition) is 4. The van der Waals surface area contributed by atoms with Crippen molar-refractivity contribution >= 4 is 11.7 Å². The average molecular weight is 286 g/mol. The van der Waals surface area contributed by atoms with Crippen molar-refractivity contribution in [1.82, 2.24) is 25.7 Å². The Hall–Kier alpha value is -2.15. The molecule has 0 radical (unpaired) electrons. The van der Waals surface area contributed by atoms with E-state index in [9.17, 15) is 4.79 Å². The third kappa shape index (κ3) is 2.13. The molecule has 0 spiro atoms. The molecular weight excluding hydrogens is 268 g/mol. The van der Waals surface area contributed by atoms with Gasteiger partial charge in [-0.25, -0.2) is 0 Å². The zero-order valence-electron chi connectivity index (χ0n) is 11.7. The minimum Gasteiger partial charge on any atom is -0.311 e. The largest absolute Gasteiger partial charge is 0.311 e. The van der Waals surface area contributed by atoms with Crippen LogP contribution in [0.3, 0.4) is 0 Å². The molecule has 0 bridgehead atoms. The second-order valence-corrected chi connectivity index (χ2v) is 5.69. The molecule has 7 heteroatoms. The summed E-state index contributed by atoms with van der Waals surface area (Å²) in [6, 6.07) is 0. The standard InChI is InChI=1S/C14H18N6O/c21-14(8-2-1-3-11-10(8)6-16-18-11)17-13-9-4-5-15-7-12(9)19-20-13/h6,8,15H,1-5,7H2,(H,16,18)(H2,17,19,20,21). The monoisotopic (exact) mass is 286 g/mol. The Labute approximate surface area is 121 Å². The van der Waals surface area contributed by atoms with Crippen LogP contribution in [0.15, 0.2) is 6.20 Å². The molecule has 0 aromatic carbocycles. The number of carbonyl (C=O) groups excluding carboxylic acids is 1. The second kappa shape index (κ2) is 5.00. The summed E-state index contributed by atoms with van der Waals surface area (Å²) in [6.45, 7) is 1.71. The lowest BCUT2D eigenvalue weighted by molar-refractivity contribution is -0.117. The van der Waals surface area contributed by atoms with E-state index in [1.807, 2.05) is 0 Å². The molecule has 0 saturated heterocycles. The SMILES string of the molecule is O=C(Nc1n[nH]c2c1CCNC2)C1CCCc2[nH]ncc21. The van der Waals surface area contributed by atoms with E-state index in [0.29, 0.717) is 5.82 Å². The maximum Gasteiger partial charge on any atom is 0.233 e. The van der Waals surface area contributed by atoms with Crippen molar-refractivity contribution in [2.45, 2.75) is 38.1 Å². The fourth-order valence-electron chi connectivity index (χ4n) is 3.28. The minimum absolute atomic E-state index is 0.0187. The van der Waals surface area contributed by atoms with Gasteiger partial charge in [0.15, 0.2) is 5.82 Å². The molecule has 7 nitrogen and oxygen atoms in total. The molecule has 0 saturated carbocycles. The predicted octanol–water partition coefficient (Wildman–Crippen LogP) is 0.837. The molecule has 0 fully saturated rings. The van der Waals surface area contributed by atoms with Crippen molar-refractivity contribution in [1.29, 1.82) is 0 Å². The van der Waals surface area contributed by atoms with Gasteiger partial charge in [0.25, 0.3) is 0 Å². The molecule has 2 aliphatic rings. The van der Waals surface area contributed by atoms with Gasteiger partial charge in [-0.3, -0.25) is 15.0 Å². The van der Waals surface area contributed by atoms with E-state index in [2.05, 4.69) is 31.0 Å². The number of rotatable bonds is 2. The van der Waals surface area contributed by atoms with Crippen LogP contribution in [0.5, 0.6) is 0 Å². The van der Waals surface area contributed by atoms with Gasteiger partial charge in [0.2, 0.25) is 5.91 Å². The van der Waals surface area contributed by atoms with Crippen molar-refractivity contribution in [3.63, 3.8) is 0 Å². The molecule has 1 aliphatic carbocycles. The molecule has 3 heterocycles. The Morgan fingerprint density at radius 3 is 3.19 bits per heavy atom. The van der Waals surface area contributed by atoms with E-state index in [1.54, 1.807) is 6.20 Å². The number of amides is 1. The van der Waals surface area contributed by atoms with Crippen LogP contribution >= 0.6 is 0 Å². The lowest BCUT2D eigenvalue weighted by Gasteiger charge is -2.21. The fraction of sp³-hybridized carbons (Fsp3) is 0.500. The molecule has 1 aliphatic heterocycles. The van der Waals surface area contributed by atoms with Gasteiger partial charge in [-0.1, -0.05) is 0 Å². The number of aryl methyl sites for hydroxylation is 1. The molecule has 1 unspecified atom stereocenters. The van der Waals surface area contributed by atoms with Gasteiger partial charge in [0, 0.05) is 23.4 Å². The Morgan fingerprint density at radius 2 is 2.24 bits per heavy atom. The van der Waals surface area contributed by atoms with E-state index in [0.717, 1.165) is 61.3 Å². The zero-order valence-corrected chi connectivity index (χ0v) is 11.7. The van der Waals surface area contributed by atoms with E-state index >= 15 is 0 Å². The first-order valence-corrected chi connectivity index (χ1v) is 7.43. The molecule has 21 heavy (non-hydrogen) atoms. The minimum atomic E-state index is -0.124.